The van der Waals surface area contributed by atoms with Gasteiger partial charge in [0.2, 0.25) is 0 Å². The summed E-state index contributed by atoms with van der Waals surface area (Å²) in [6.45, 7) is 7.04. The fraction of sp³-hybridized carbons (Fsp3) is 0.333. The molecule has 0 N–H and O–H groups in total. The maximum absolute atomic E-state index is 13.3. The summed E-state index contributed by atoms with van der Waals surface area (Å²) in [4.78, 5) is 32.4. The minimum Gasteiger partial charge on any atom is -0.493 e. The Morgan fingerprint density at radius 3 is 2.47 bits per heavy atom. The topological polar surface area (TPSA) is 98.0 Å². The second-order valence-corrected chi connectivity index (χ2v) is 8.38. The summed E-state index contributed by atoms with van der Waals surface area (Å²) in [6, 6.07) is 9.79. The zero-order valence-corrected chi connectivity index (χ0v) is 20.5. The molecule has 0 unspecified atom stereocenters. The van der Waals surface area contributed by atoms with Crippen molar-refractivity contribution in [3.05, 3.63) is 58.2 Å². The predicted molar refractivity (Wildman–Crippen MR) is 135 cm³/mol. The zero-order valence-electron chi connectivity index (χ0n) is 19.7. The number of aromatic nitrogens is 1. The number of nitrogens with zero attached hydrogens (tertiary/aromatic N) is 4. The van der Waals surface area contributed by atoms with Gasteiger partial charge in [-0.15, -0.1) is 0 Å². The number of nitro groups is 1. The fourth-order valence-electron chi connectivity index (χ4n) is 3.44. The van der Waals surface area contributed by atoms with E-state index in [1.165, 1.54) is 29.5 Å². The average molecular weight is 485 g/mol. The number of benzene rings is 2. The Balaban J connectivity index is 1.93. The van der Waals surface area contributed by atoms with Gasteiger partial charge in [0.25, 0.3) is 11.6 Å². The van der Waals surface area contributed by atoms with Gasteiger partial charge in [-0.05, 0) is 24.7 Å². The van der Waals surface area contributed by atoms with Crippen LogP contribution in [-0.4, -0.2) is 61.1 Å². The smallest absolute Gasteiger partial charge is 0.270 e. The number of rotatable bonds is 11. The first-order valence-corrected chi connectivity index (χ1v) is 11.7. The van der Waals surface area contributed by atoms with E-state index in [0.717, 1.165) is 17.8 Å². The molecule has 10 heteroatoms. The van der Waals surface area contributed by atoms with Crippen molar-refractivity contribution in [1.82, 2.24) is 9.88 Å². The summed E-state index contributed by atoms with van der Waals surface area (Å²) in [6.07, 6.45) is 3.01. The third-order valence-electron chi connectivity index (χ3n) is 5.41. The number of non-ortho nitro benzene ring substituents is 1. The van der Waals surface area contributed by atoms with E-state index in [-0.39, 0.29) is 11.6 Å². The number of anilines is 1. The van der Waals surface area contributed by atoms with Gasteiger partial charge >= 0.3 is 0 Å². The minimum atomic E-state index is -0.459. The van der Waals surface area contributed by atoms with Crippen molar-refractivity contribution in [2.24, 2.45) is 0 Å². The molecule has 3 aromatic rings. The number of ether oxygens (including phenoxy) is 2. The maximum Gasteiger partial charge on any atom is 0.270 e. The molecule has 0 saturated carbocycles. The maximum atomic E-state index is 13.3. The molecule has 34 heavy (non-hydrogen) atoms. The Labute approximate surface area is 202 Å². The van der Waals surface area contributed by atoms with E-state index >= 15 is 0 Å². The predicted octanol–water partition coefficient (Wildman–Crippen LogP) is 4.61. The van der Waals surface area contributed by atoms with Crippen LogP contribution in [0.15, 0.2) is 42.5 Å². The molecule has 0 aliphatic rings. The number of hydrogen-bond donors (Lipinski definition) is 0. The monoisotopic (exact) mass is 484 g/mol. The lowest BCUT2D eigenvalue weighted by atomic mass is 10.2. The molecule has 0 saturated heterocycles. The summed E-state index contributed by atoms with van der Waals surface area (Å²) in [7, 11) is 3.14. The highest BCUT2D eigenvalue weighted by molar-refractivity contribution is 7.22. The number of fused-ring (bicyclic) bond motifs is 1. The summed E-state index contributed by atoms with van der Waals surface area (Å²) >= 11 is 1.39. The second kappa shape index (κ2) is 11.6. The highest BCUT2D eigenvalue weighted by Gasteiger charge is 2.20. The normalized spacial score (nSPS) is 11.3. The molecule has 0 radical (unpaired) electrons. The number of carbonyl (C=O) groups is 1. The molecule has 0 bridgehead atoms. The molecule has 2 aromatic carbocycles. The van der Waals surface area contributed by atoms with E-state index in [9.17, 15) is 14.9 Å². The van der Waals surface area contributed by atoms with Gasteiger partial charge in [0, 0.05) is 43.4 Å². The van der Waals surface area contributed by atoms with E-state index in [1.807, 2.05) is 6.07 Å². The van der Waals surface area contributed by atoms with Gasteiger partial charge in [-0.3, -0.25) is 19.8 Å². The molecule has 1 heterocycles. The van der Waals surface area contributed by atoms with Gasteiger partial charge in [-0.1, -0.05) is 37.3 Å². The lowest BCUT2D eigenvalue weighted by Gasteiger charge is -2.23. The zero-order chi connectivity index (χ0) is 24.7. The first-order chi connectivity index (χ1) is 16.4. The number of nitro benzene ring substituents is 1. The standard InChI is InChI=1S/C24H28N4O5S/c1-5-26(6-2)12-13-27(23(29)11-10-17-8-7-9-18(14-17)28(30)31)24-25-19-15-20(32-3)21(33-4)16-22(19)34-24/h7-11,14-16H,5-6,12-13H2,1-4H3. The van der Waals surface area contributed by atoms with Crippen LogP contribution in [-0.2, 0) is 4.79 Å². The molecule has 0 aliphatic carbocycles. The van der Waals surface area contributed by atoms with E-state index in [1.54, 1.807) is 43.4 Å². The Morgan fingerprint density at radius 2 is 1.82 bits per heavy atom. The number of methoxy groups -OCH3 is 2. The Kier molecular flexibility index (Phi) is 8.55. The quantitative estimate of drug-likeness (QED) is 0.223. The molecule has 3 rings (SSSR count). The van der Waals surface area contributed by atoms with Crippen LogP contribution in [0.5, 0.6) is 11.5 Å². The molecule has 9 nitrogen and oxygen atoms in total. The number of hydrogen-bond acceptors (Lipinski definition) is 8. The van der Waals surface area contributed by atoms with Crippen LogP contribution in [0.1, 0.15) is 19.4 Å². The van der Waals surface area contributed by atoms with Crippen LogP contribution >= 0.6 is 11.3 Å². The van der Waals surface area contributed by atoms with Gasteiger partial charge < -0.3 is 14.4 Å². The van der Waals surface area contributed by atoms with Gasteiger partial charge in [0.15, 0.2) is 16.6 Å². The fourth-order valence-corrected chi connectivity index (χ4v) is 4.45. The lowest BCUT2D eigenvalue weighted by molar-refractivity contribution is -0.384. The average Bonchev–Trinajstić information content (AvgIpc) is 3.26. The van der Waals surface area contributed by atoms with Crippen molar-refractivity contribution < 1.29 is 19.2 Å². The van der Waals surface area contributed by atoms with Crippen LogP contribution in [0.2, 0.25) is 0 Å². The molecule has 1 aromatic heterocycles. The third kappa shape index (κ3) is 5.89. The van der Waals surface area contributed by atoms with Crippen LogP contribution < -0.4 is 14.4 Å². The number of carbonyl (C=O) groups excluding carboxylic acids is 1. The van der Waals surface area contributed by atoms with E-state index in [0.29, 0.717) is 40.8 Å². The highest BCUT2D eigenvalue weighted by atomic mass is 32.1. The van der Waals surface area contributed by atoms with Crippen LogP contribution in [0.3, 0.4) is 0 Å². The van der Waals surface area contributed by atoms with Crippen molar-refractivity contribution >= 4 is 44.4 Å². The molecular weight excluding hydrogens is 456 g/mol. The van der Waals surface area contributed by atoms with Crippen molar-refractivity contribution in [3.8, 4) is 11.5 Å². The summed E-state index contributed by atoms with van der Waals surface area (Å²) in [5.74, 6) is 0.909. The highest BCUT2D eigenvalue weighted by Crippen LogP contribution is 2.37. The number of thiazole rings is 1. The SMILES string of the molecule is CCN(CC)CCN(C(=O)C=Cc1cccc([N+](=O)[O-])c1)c1nc2cc(OC)c(OC)cc2s1. The summed E-state index contributed by atoms with van der Waals surface area (Å²) < 4.78 is 11.6. The number of amides is 1. The van der Waals surface area contributed by atoms with Crippen molar-refractivity contribution in [2.75, 3.05) is 45.3 Å². The lowest BCUT2D eigenvalue weighted by Crippen LogP contribution is -2.38. The van der Waals surface area contributed by atoms with Crippen molar-refractivity contribution in [3.63, 3.8) is 0 Å². The van der Waals surface area contributed by atoms with E-state index < -0.39 is 4.92 Å². The van der Waals surface area contributed by atoms with Gasteiger partial charge in [-0.25, -0.2) is 4.98 Å². The Morgan fingerprint density at radius 1 is 1.12 bits per heavy atom. The van der Waals surface area contributed by atoms with Gasteiger partial charge in [-0.2, -0.15) is 0 Å². The molecule has 0 fully saturated rings. The van der Waals surface area contributed by atoms with Crippen LogP contribution in [0.25, 0.3) is 16.3 Å². The van der Waals surface area contributed by atoms with Crippen LogP contribution in [0, 0.1) is 10.1 Å². The molecule has 1 amide bonds. The molecule has 180 valence electrons. The van der Waals surface area contributed by atoms with Gasteiger partial charge in [0.1, 0.15) is 0 Å². The largest absolute Gasteiger partial charge is 0.493 e. The summed E-state index contributed by atoms with van der Waals surface area (Å²) in [5.41, 5.74) is 1.26. The number of likely N-dealkylation sites (N-methyl/N-ethyl adjacent to an activating group) is 1. The molecular formula is C24H28N4O5S. The van der Waals surface area contributed by atoms with Crippen molar-refractivity contribution in [2.45, 2.75) is 13.8 Å². The summed E-state index contributed by atoms with van der Waals surface area (Å²) in [5, 5.41) is 11.6. The Bertz CT molecular complexity index is 1150. The minimum absolute atomic E-state index is 0.0259. The first-order valence-electron chi connectivity index (χ1n) is 10.9. The Hall–Kier alpha value is -3.50. The van der Waals surface area contributed by atoms with Crippen molar-refractivity contribution in [1.29, 1.82) is 0 Å². The van der Waals surface area contributed by atoms with E-state index in [2.05, 4.69) is 23.7 Å². The van der Waals surface area contributed by atoms with E-state index in [4.69, 9.17) is 9.47 Å². The van der Waals surface area contributed by atoms with Crippen LogP contribution in [0.4, 0.5) is 10.8 Å². The second-order valence-electron chi connectivity index (χ2n) is 7.37. The molecule has 0 atom stereocenters. The molecule has 0 spiro atoms. The van der Waals surface area contributed by atoms with Gasteiger partial charge in [0.05, 0.1) is 29.4 Å². The molecule has 0 aliphatic heterocycles. The third-order valence-corrected chi connectivity index (χ3v) is 6.45. The first kappa shape index (κ1) is 25.1.